The van der Waals surface area contributed by atoms with Crippen molar-refractivity contribution in [3.05, 3.63) is 75.8 Å². The van der Waals surface area contributed by atoms with Gasteiger partial charge in [-0.05, 0) is 47.1 Å². The van der Waals surface area contributed by atoms with Crippen molar-refractivity contribution in [2.45, 2.75) is 38.1 Å². The lowest BCUT2D eigenvalue weighted by Gasteiger charge is -2.38. The molecule has 2 aromatic carbocycles. The molecule has 1 heterocycles. The lowest BCUT2D eigenvalue weighted by molar-refractivity contribution is 0.0696. The predicted molar refractivity (Wildman–Crippen MR) is 105 cm³/mol. The van der Waals surface area contributed by atoms with E-state index in [0.717, 1.165) is 17.7 Å². The summed E-state index contributed by atoms with van der Waals surface area (Å²) in [5, 5.41) is 13.4. The van der Waals surface area contributed by atoms with Gasteiger partial charge < -0.3 is 10.4 Å². The lowest BCUT2D eigenvalue weighted by atomic mass is 9.76. The van der Waals surface area contributed by atoms with Crippen molar-refractivity contribution in [1.82, 2.24) is 0 Å². The Hall–Kier alpha value is -2.26. The second-order valence-electron chi connectivity index (χ2n) is 7.52. The molecular formula is C22H22ClNO2. The van der Waals surface area contributed by atoms with Crippen LogP contribution in [-0.2, 0) is 0 Å². The fourth-order valence-corrected chi connectivity index (χ4v) is 4.48. The van der Waals surface area contributed by atoms with Crippen molar-refractivity contribution in [2.24, 2.45) is 5.92 Å². The monoisotopic (exact) mass is 367 g/mol. The summed E-state index contributed by atoms with van der Waals surface area (Å²) in [7, 11) is 0. The van der Waals surface area contributed by atoms with Gasteiger partial charge in [0, 0.05) is 5.92 Å². The number of carboxylic acids is 1. The molecular weight excluding hydrogens is 346 g/mol. The minimum Gasteiger partial charge on any atom is -0.478 e. The van der Waals surface area contributed by atoms with Crippen molar-refractivity contribution < 1.29 is 9.90 Å². The van der Waals surface area contributed by atoms with Gasteiger partial charge in [-0.2, -0.15) is 0 Å². The Labute approximate surface area is 158 Å². The zero-order chi connectivity index (χ0) is 18.4. The fourth-order valence-electron chi connectivity index (χ4n) is 4.20. The van der Waals surface area contributed by atoms with Crippen LogP contribution in [0.5, 0.6) is 0 Å². The van der Waals surface area contributed by atoms with Crippen LogP contribution in [0.4, 0.5) is 5.69 Å². The van der Waals surface area contributed by atoms with E-state index in [1.165, 1.54) is 17.2 Å². The van der Waals surface area contributed by atoms with E-state index in [2.05, 4.69) is 55.6 Å². The zero-order valence-electron chi connectivity index (χ0n) is 14.9. The predicted octanol–water partition coefficient (Wildman–Crippen LogP) is 5.99. The first-order valence-corrected chi connectivity index (χ1v) is 9.43. The first kappa shape index (κ1) is 17.2. The first-order valence-electron chi connectivity index (χ1n) is 9.05. The van der Waals surface area contributed by atoms with Crippen molar-refractivity contribution >= 4 is 23.3 Å². The van der Waals surface area contributed by atoms with Gasteiger partial charge in [0.15, 0.2) is 0 Å². The maximum absolute atomic E-state index is 11.4. The summed E-state index contributed by atoms with van der Waals surface area (Å²) in [6, 6.07) is 12.3. The van der Waals surface area contributed by atoms with Crippen LogP contribution >= 0.6 is 11.6 Å². The van der Waals surface area contributed by atoms with E-state index in [1.54, 1.807) is 6.07 Å². The number of aromatic carboxylic acids is 1. The van der Waals surface area contributed by atoms with Crippen LogP contribution in [0.15, 0.2) is 48.6 Å². The van der Waals surface area contributed by atoms with Gasteiger partial charge in [0.25, 0.3) is 0 Å². The molecule has 2 aliphatic rings. The Morgan fingerprint density at radius 1 is 1.23 bits per heavy atom. The van der Waals surface area contributed by atoms with E-state index >= 15 is 0 Å². The number of carbonyl (C=O) groups is 1. The summed E-state index contributed by atoms with van der Waals surface area (Å²) in [5.41, 5.74) is 4.67. The molecule has 134 valence electrons. The van der Waals surface area contributed by atoms with E-state index in [4.69, 9.17) is 11.6 Å². The molecule has 0 bridgehead atoms. The number of anilines is 1. The van der Waals surface area contributed by atoms with E-state index in [9.17, 15) is 9.90 Å². The fraction of sp³-hybridized carbons (Fsp3) is 0.318. The standard InChI is InChI=1S/C22H22ClNO2/c1-12(2)13-6-8-14(9-7-13)20-17-5-3-4-16(17)18-10-15(22(25)26)11-19(23)21(18)24-20/h3-4,6-12,16-17,20,24H,5H2,1-2H3,(H,25,26)/t16-,17-,20-/m0/s1. The van der Waals surface area contributed by atoms with Gasteiger partial charge in [0.05, 0.1) is 22.3 Å². The molecule has 0 saturated heterocycles. The number of halogens is 1. The highest BCUT2D eigenvalue weighted by molar-refractivity contribution is 6.33. The molecule has 2 N–H and O–H groups in total. The number of benzene rings is 2. The molecule has 0 radical (unpaired) electrons. The maximum atomic E-state index is 11.4. The molecule has 1 aliphatic carbocycles. The Morgan fingerprint density at radius 2 is 1.96 bits per heavy atom. The van der Waals surface area contributed by atoms with Crippen LogP contribution < -0.4 is 5.32 Å². The number of nitrogens with one attached hydrogen (secondary N) is 1. The van der Waals surface area contributed by atoms with Crippen molar-refractivity contribution in [2.75, 3.05) is 5.32 Å². The largest absolute Gasteiger partial charge is 0.478 e. The van der Waals surface area contributed by atoms with E-state index < -0.39 is 5.97 Å². The average molecular weight is 368 g/mol. The molecule has 0 aromatic heterocycles. The third kappa shape index (κ3) is 2.80. The van der Waals surface area contributed by atoms with Gasteiger partial charge in [-0.1, -0.05) is 61.9 Å². The van der Waals surface area contributed by atoms with Crippen molar-refractivity contribution in [1.29, 1.82) is 0 Å². The second-order valence-corrected chi connectivity index (χ2v) is 7.93. The first-order chi connectivity index (χ1) is 12.5. The molecule has 4 heteroatoms. The number of rotatable bonds is 3. The highest BCUT2D eigenvalue weighted by atomic mass is 35.5. The SMILES string of the molecule is CC(C)c1ccc([C@@H]2Nc3c(Cl)cc(C(=O)O)cc3[C@H]3C=CC[C@@H]32)cc1. The van der Waals surface area contributed by atoms with Crippen LogP contribution in [0.25, 0.3) is 0 Å². The van der Waals surface area contributed by atoms with Gasteiger partial charge >= 0.3 is 5.97 Å². The molecule has 0 saturated carbocycles. The van der Waals surface area contributed by atoms with E-state index in [0.29, 0.717) is 16.9 Å². The van der Waals surface area contributed by atoms with Gasteiger partial charge in [-0.15, -0.1) is 0 Å². The van der Waals surface area contributed by atoms with Crippen LogP contribution in [-0.4, -0.2) is 11.1 Å². The normalized spacial score (nSPS) is 23.5. The molecule has 0 spiro atoms. The molecule has 3 atom stereocenters. The molecule has 1 aliphatic heterocycles. The molecule has 4 rings (SSSR count). The lowest BCUT2D eigenvalue weighted by Crippen LogP contribution is -2.29. The van der Waals surface area contributed by atoms with Gasteiger partial charge in [-0.25, -0.2) is 4.79 Å². The zero-order valence-corrected chi connectivity index (χ0v) is 15.6. The Morgan fingerprint density at radius 3 is 2.62 bits per heavy atom. The summed E-state index contributed by atoms with van der Waals surface area (Å²) in [6.45, 7) is 4.39. The third-order valence-electron chi connectivity index (χ3n) is 5.63. The van der Waals surface area contributed by atoms with Crippen LogP contribution in [0.1, 0.15) is 65.2 Å². The van der Waals surface area contributed by atoms with E-state index in [1.807, 2.05) is 0 Å². The number of hydrogen-bond acceptors (Lipinski definition) is 2. The van der Waals surface area contributed by atoms with Gasteiger partial charge in [-0.3, -0.25) is 0 Å². The summed E-state index contributed by atoms with van der Waals surface area (Å²) < 4.78 is 0. The minimum absolute atomic E-state index is 0.164. The Bertz CT molecular complexity index is 886. The van der Waals surface area contributed by atoms with Crippen molar-refractivity contribution in [3.63, 3.8) is 0 Å². The highest BCUT2D eigenvalue weighted by Crippen LogP contribution is 2.51. The number of fused-ring (bicyclic) bond motifs is 3. The molecule has 2 aromatic rings. The Balaban J connectivity index is 1.76. The molecule has 26 heavy (non-hydrogen) atoms. The molecule has 0 amide bonds. The molecule has 0 unspecified atom stereocenters. The topological polar surface area (TPSA) is 49.3 Å². The summed E-state index contributed by atoms with van der Waals surface area (Å²) in [5.74, 6) is 0.124. The third-order valence-corrected chi connectivity index (χ3v) is 5.93. The van der Waals surface area contributed by atoms with E-state index in [-0.39, 0.29) is 17.5 Å². The Kier molecular flexibility index (Phi) is 4.28. The molecule has 0 fully saturated rings. The van der Waals surface area contributed by atoms with Crippen molar-refractivity contribution in [3.8, 4) is 0 Å². The molecule has 3 nitrogen and oxygen atoms in total. The maximum Gasteiger partial charge on any atom is 0.335 e. The quantitative estimate of drug-likeness (QED) is 0.655. The number of hydrogen-bond donors (Lipinski definition) is 2. The average Bonchev–Trinajstić information content (AvgIpc) is 3.11. The number of carboxylic acid groups (broad SMARTS) is 1. The summed E-state index contributed by atoms with van der Waals surface area (Å²) in [4.78, 5) is 11.4. The highest BCUT2D eigenvalue weighted by Gasteiger charge is 2.39. The second kappa shape index (κ2) is 6.48. The van der Waals surface area contributed by atoms with Crippen LogP contribution in [0.2, 0.25) is 5.02 Å². The van der Waals surface area contributed by atoms with Gasteiger partial charge in [0.2, 0.25) is 0 Å². The smallest absolute Gasteiger partial charge is 0.335 e. The summed E-state index contributed by atoms with van der Waals surface area (Å²) in [6.07, 6.45) is 5.37. The van der Waals surface area contributed by atoms with Crippen LogP contribution in [0.3, 0.4) is 0 Å². The summed E-state index contributed by atoms with van der Waals surface area (Å²) >= 11 is 6.45. The van der Waals surface area contributed by atoms with Gasteiger partial charge in [0.1, 0.15) is 0 Å². The minimum atomic E-state index is -0.945. The number of allylic oxidation sites excluding steroid dienone is 2. The van der Waals surface area contributed by atoms with Crippen LogP contribution in [0, 0.1) is 5.92 Å².